The van der Waals surface area contributed by atoms with Gasteiger partial charge in [0.1, 0.15) is 5.75 Å². The molecule has 92 valence electrons. The summed E-state index contributed by atoms with van der Waals surface area (Å²) in [5.74, 6) is -0.0896. The average molecular weight is 243 g/mol. The van der Waals surface area contributed by atoms with E-state index in [2.05, 4.69) is 22.3 Å². The highest BCUT2D eigenvalue weighted by Gasteiger charge is 2.24. The first-order valence-electron chi connectivity index (χ1n) is 5.36. The summed E-state index contributed by atoms with van der Waals surface area (Å²) in [5.41, 5.74) is 2.56. The van der Waals surface area contributed by atoms with Gasteiger partial charge in [-0.1, -0.05) is 0 Å². The number of aromatic hydroxyl groups is 1. The van der Waals surface area contributed by atoms with Gasteiger partial charge in [0.05, 0.1) is 17.0 Å². The van der Waals surface area contributed by atoms with Gasteiger partial charge < -0.3 is 15.7 Å². The van der Waals surface area contributed by atoms with Crippen molar-refractivity contribution >= 4 is 23.9 Å². The summed E-state index contributed by atoms with van der Waals surface area (Å²) in [4.78, 5) is 15.5. The molecule has 1 amide bonds. The maximum absolute atomic E-state index is 11.8. The van der Waals surface area contributed by atoms with E-state index in [0.29, 0.717) is 17.0 Å². The van der Waals surface area contributed by atoms with Gasteiger partial charge in [-0.3, -0.25) is 9.79 Å². The smallest absolute Gasteiger partial charge is 0.256 e. The van der Waals surface area contributed by atoms with Gasteiger partial charge in [-0.15, -0.1) is 0 Å². The van der Waals surface area contributed by atoms with Crippen molar-refractivity contribution in [1.29, 1.82) is 0 Å². The van der Waals surface area contributed by atoms with Crippen LogP contribution in [0.4, 0.5) is 5.69 Å². The molecule has 1 aromatic carbocycles. The van der Waals surface area contributed by atoms with Crippen molar-refractivity contribution < 1.29 is 9.90 Å². The summed E-state index contributed by atoms with van der Waals surface area (Å²) in [6.07, 6.45) is 3.21. The standard InChI is InChI=1S/C13H13N3O2/c1-14-7-8(15-2)5-11-10-4-3-9(17)6-12(10)16-13(11)18/h3-7,15,17H,1H2,2H3,(H,16,18)/b8-7-,11-5-. The van der Waals surface area contributed by atoms with Crippen LogP contribution in [0, 0.1) is 0 Å². The predicted octanol–water partition coefficient (Wildman–Crippen LogP) is 1.49. The number of rotatable bonds is 3. The molecule has 0 aromatic heterocycles. The quantitative estimate of drug-likeness (QED) is 0.556. The topological polar surface area (TPSA) is 73.7 Å². The van der Waals surface area contributed by atoms with Crippen LogP contribution in [0.2, 0.25) is 0 Å². The van der Waals surface area contributed by atoms with E-state index in [9.17, 15) is 9.90 Å². The largest absolute Gasteiger partial charge is 0.508 e. The molecule has 1 aliphatic rings. The van der Waals surface area contributed by atoms with Crippen LogP contribution in [-0.4, -0.2) is 24.8 Å². The molecule has 0 atom stereocenters. The number of phenols is 1. The molecule has 0 spiro atoms. The molecule has 0 unspecified atom stereocenters. The number of allylic oxidation sites excluding steroid dienone is 1. The van der Waals surface area contributed by atoms with Crippen molar-refractivity contribution in [2.45, 2.75) is 0 Å². The fraction of sp³-hybridized carbons (Fsp3) is 0.0769. The fourth-order valence-corrected chi connectivity index (χ4v) is 1.75. The minimum atomic E-state index is -0.208. The van der Waals surface area contributed by atoms with E-state index in [0.717, 1.165) is 5.56 Å². The van der Waals surface area contributed by atoms with Crippen molar-refractivity contribution in [2.24, 2.45) is 4.99 Å². The van der Waals surface area contributed by atoms with Gasteiger partial charge in [0.25, 0.3) is 5.91 Å². The first kappa shape index (κ1) is 11.9. The van der Waals surface area contributed by atoms with E-state index < -0.39 is 0 Å². The molecule has 0 radical (unpaired) electrons. The molecule has 1 aromatic rings. The molecule has 2 rings (SSSR count). The number of nitrogens with one attached hydrogen (secondary N) is 2. The molecular weight excluding hydrogens is 230 g/mol. The van der Waals surface area contributed by atoms with Crippen molar-refractivity contribution in [2.75, 3.05) is 12.4 Å². The van der Waals surface area contributed by atoms with Crippen molar-refractivity contribution in [1.82, 2.24) is 5.32 Å². The number of phenolic OH excluding ortho intramolecular Hbond substituents is 1. The van der Waals surface area contributed by atoms with Crippen molar-refractivity contribution in [3.63, 3.8) is 0 Å². The van der Waals surface area contributed by atoms with Gasteiger partial charge in [-0.25, -0.2) is 0 Å². The highest BCUT2D eigenvalue weighted by Crippen LogP contribution is 2.34. The first-order chi connectivity index (χ1) is 8.65. The van der Waals surface area contributed by atoms with Crippen LogP contribution in [0.15, 0.2) is 41.2 Å². The van der Waals surface area contributed by atoms with E-state index in [1.165, 1.54) is 12.3 Å². The van der Waals surface area contributed by atoms with Crippen LogP contribution < -0.4 is 10.6 Å². The highest BCUT2D eigenvalue weighted by molar-refractivity contribution is 6.31. The van der Waals surface area contributed by atoms with Crippen LogP contribution in [0.1, 0.15) is 5.56 Å². The minimum Gasteiger partial charge on any atom is -0.508 e. The number of hydrogen-bond donors (Lipinski definition) is 3. The Bertz CT molecular complexity index is 574. The Balaban J connectivity index is 2.48. The summed E-state index contributed by atoms with van der Waals surface area (Å²) < 4.78 is 0. The van der Waals surface area contributed by atoms with Gasteiger partial charge >= 0.3 is 0 Å². The number of benzene rings is 1. The highest BCUT2D eigenvalue weighted by atomic mass is 16.3. The van der Waals surface area contributed by atoms with E-state index in [1.807, 2.05) is 0 Å². The number of hydrogen-bond acceptors (Lipinski definition) is 4. The molecule has 3 N–H and O–H groups in total. The molecule has 5 heteroatoms. The third-order valence-electron chi connectivity index (χ3n) is 2.61. The summed E-state index contributed by atoms with van der Waals surface area (Å²) in [5, 5.41) is 15.0. The lowest BCUT2D eigenvalue weighted by Crippen LogP contribution is -2.07. The Kier molecular flexibility index (Phi) is 3.14. The van der Waals surface area contributed by atoms with Gasteiger partial charge in [-0.05, 0) is 24.9 Å². The number of anilines is 1. The zero-order valence-corrected chi connectivity index (χ0v) is 9.90. The molecule has 1 aliphatic heterocycles. The summed E-state index contributed by atoms with van der Waals surface area (Å²) >= 11 is 0. The number of likely N-dealkylation sites (N-methyl/N-ethyl adjacent to an activating group) is 1. The molecule has 1 heterocycles. The zero-order valence-electron chi connectivity index (χ0n) is 9.90. The molecule has 0 saturated heterocycles. The number of amides is 1. The third kappa shape index (κ3) is 2.10. The normalized spacial score (nSPS) is 16.4. The zero-order chi connectivity index (χ0) is 13.1. The average Bonchev–Trinajstić information content (AvgIpc) is 2.64. The molecule has 18 heavy (non-hydrogen) atoms. The first-order valence-corrected chi connectivity index (χ1v) is 5.36. The fourth-order valence-electron chi connectivity index (χ4n) is 1.75. The second-order valence-electron chi connectivity index (χ2n) is 3.76. The van der Waals surface area contributed by atoms with Gasteiger partial charge in [0, 0.05) is 24.9 Å². The molecule has 0 fully saturated rings. The van der Waals surface area contributed by atoms with Gasteiger partial charge in [0.15, 0.2) is 0 Å². The van der Waals surface area contributed by atoms with Crippen LogP contribution >= 0.6 is 0 Å². The number of carbonyl (C=O) groups is 1. The van der Waals surface area contributed by atoms with Crippen LogP contribution in [0.25, 0.3) is 5.57 Å². The predicted molar refractivity (Wildman–Crippen MR) is 71.4 cm³/mol. The van der Waals surface area contributed by atoms with Crippen molar-refractivity contribution in [3.05, 3.63) is 41.7 Å². The van der Waals surface area contributed by atoms with Crippen LogP contribution in [0.3, 0.4) is 0 Å². The Morgan fingerprint density at radius 2 is 2.33 bits per heavy atom. The summed E-state index contributed by atoms with van der Waals surface area (Å²) in [6.45, 7) is 3.37. The number of aliphatic imine (C=N–C) groups is 1. The molecular formula is C13H13N3O2. The minimum absolute atomic E-state index is 0.118. The second-order valence-corrected chi connectivity index (χ2v) is 3.76. The number of fused-ring (bicyclic) bond motifs is 1. The monoisotopic (exact) mass is 243 g/mol. The Morgan fingerprint density at radius 1 is 1.56 bits per heavy atom. The third-order valence-corrected chi connectivity index (χ3v) is 2.61. The molecule has 0 bridgehead atoms. The number of carbonyl (C=O) groups excluding carboxylic acids is 1. The Hall–Kier alpha value is -2.56. The van der Waals surface area contributed by atoms with Gasteiger partial charge in [-0.2, -0.15) is 0 Å². The van der Waals surface area contributed by atoms with E-state index in [1.54, 1.807) is 25.3 Å². The van der Waals surface area contributed by atoms with Crippen molar-refractivity contribution in [3.8, 4) is 5.75 Å². The molecule has 5 nitrogen and oxygen atoms in total. The summed E-state index contributed by atoms with van der Waals surface area (Å²) in [6, 6.07) is 4.76. The second kappa shape index (κ2) is 4.75. The van der Waals surface area contributed by atoms with Crippen LogP contribution in [0.5, 0.6) is 5.75 Å². The molecule has 0 saturated carbocycles. The lowest BCUT2D eigenvalue weighted by Gasteiger charge is -2.01. The van der Waals surface area contributed by atoms with E-state index in [-0.39, 0.29) is 11.7 Å². The van der Waals surface area contributed by atoms with Gasteiger partial charge in [0.2, 0.25) is 0 Å². The lowest BCUT2D eigenvalue weighted by molar-refractivity contribution is -0.110. The van der Waals surface area contributed by atoms with E-state index in [4.69, 9.17) is 0 Å². The number of nitrogens with zero attached hydrogens (tertiary/aromatic N) is 1. The molecule has 0 aliphatic carbocycles. The SMILES string of the molecule is C=N/C=C(/C=C1\C(=O)Nc2cc(O)ccc21)NC. The lowest BCUT2D eigenvalue weighted by atomic mass is 10.1. The van der Waals surface area contributed by atoms with E-state index >= 15 is 0 Å². The Labute approximate surface area is 105 Å². The van der Waals surface area contributed by atoms with Crippen LogP contribution in [-0.2, 0) is 4.79 Å². The maximum Gasteiger partial charge on any atom is 0.256 e. The maximum atomic E-state index is 11.8. The summed E-state index contributed by atoms with van der Waals surface area (Å²) in [7, 11) is 1.73. The Morgan fingerprint density at radius 3 is 3.00 bits per heavy atom.